The van der Waals surface area contributed by atoms with Crippen LogP contribution in [0.15, 0.2) is 36.5 Å². The standard InChI is InChI=1S/C17H18O2/c1-2-14-17(19)15-12-10-8-6-4-3-5-7-9-11-13-16-18/h4,6,8,10,12,15-16H,2,11,13-14H2,1H3/b6-4+,10-8+,15-12+. The Morgan fingerprint density at radius 3 is 2.63 bits per heavy atom. The van der Waals surface area contributed by atoms with Crippen LogP contribution in [0.5, 0.6) is 0 Å². The number of rotatable bonds is 7. The van der Waals surface area contributed by atoms with Gasteiger partial charge >= 0.3 is 0 Å². The number of unbranched alkanes of at least 4 members (excludes halogenated alkanes) is 1. The number of allylic oxidation sites excluding steroid dienone is 6. The monoisotopic (exact) mass is 254 g/mol. The number of carbonyl (C=O) groups is 2. The maximum Gasteiger partial charge on any atom is 0.155 e. The summed E-state index contributed by atoms with van der Waals surface area (Å²) in [6, 6.07) is 0. The molecule has 0 heterocycles. The molecule has 0 unspecified atom stereocenters. The summed E-state index contributed by atoms with van der Waals surface area (Å²) >= 11 is 0. The first-order valence-electron chi connectivity index (χ1n) is 6.26. The van der Waals surface area contributed by atoms with E-state index in [9.17, 15) is 9.59 Å². The van der Waals surface area contributed by atoms with Crippen molar-refractivity contribution in [3.63, 3.8) is 0 Å². The van der Waals surface area contributed by atoms with Crippen LogP contribution in [0.1, 0.15) is 32.6 Å². The Morgan fingerprint density at radius 2 is 1.89 bits per heavy atom. The van der Waals surface area contributed by atoms with Crippen molar-refractivity contribution in [3.05, 3.63) is 36.5 Å². The molecule has 0 aromatic carbocycles. The summed E-state index contributed by atoms with van der Waals surface area (Å²) in [5, 5.41) is 0. The van der Waals surface area contributed by atoms with Gasteiger partial charge in [-0.2, -0.15) is 0 Å². The number of ketones is 1. The third kappa shape index (κ3) is 13.6. The first-order valence-corrected chi connectivity index (χ1v) is 6.26. The van der Waals surface area contributed by atoms with Gasteiger partial charge in [-0.3, -0.25) is 4.79 Å². The summed E-state index contributed by atoms with van der Waals surface area (Å²) in [5.41, 5.74) is 0. The zero-order valence-corrected chi connectivity index (χ0v) is 11.2. The molecular weight excluding hydrogens is 236 g/mol. The predicted octanol–water partition coefficient (Wildman–Crippen LogP) is 3.01. The summed E-state index contributed by atoms with van der Waals surface area (Å²) in [6.07, 6.45) is 13.6. The van der Waals surface area contributed by atoms with Crippen molar-refractivity contribution < 1.29 is 9.59 Å². The molecule has 0 aliphatic carbocycles. The number of hydrogen-bond acceptors (Lipinski definition) is 2. The van der Waals surface area contributed by atoms with Crippen LogP contribution in [-0.4, -0.2) is 12.1 Å². The molecule has 0 N–H and O–H groups in total. The Morgan fingerprint density at radius 1 is 1.11 bits per heavy atom. The fraction of sp³-hybridized carbons (Fsp3) is 0.294. The zero-order chi connectivity index (χ0) is 14.2. The van der Waals surface area contributed by atoms with Crippen LogP contribution in [0.3, 0.4) is 0 Å². The lowest BCUT2D eigenvalue weighted by atomic mass is 10.2. The van der Waals surface area contributed by atoms with E-state index in [0.717, 1.165) is 12.7 Å². The number of carbonyl (C=O) groups excluding carboxylic acids is 2. The molecule has 0 amide bonds. The molecule has 19 heavy (non-hydrogen) atoms. The normalized spacial score (nSPS) is 10.2. The number of hydrogen-bond donors (Lipinski definition) is 0. The second kappa shape index (κ2) is 13.7. The van der Waals surface area contributed by atoms with Gasteiger partial charge in [0.25, 0.3) is 0 Å². The SMILES string of the molecule is CCCC(=O)/C=C/C=C/C=C/C#CC#CCCC=O. The maximum atomic E-state index is 11.1. The molecule has 2 nitrogen and oxygen atoms in total. The third-order valence-electron chi connectivity index (χ3n) is 1.90. The molecule has 0 aliphatic rings. The lowest BCUT2D eigenvalue weighted by Crippen LogP contribution is -1.88. The van der Waals surface area contributed by atoms with Crippen LogP contribution in [0.2, 0.25) is 0 Å². The lowest BCUT2D eigenvalue weighted by Gasteiger charge is -1.85. The second-order valence-corrected chi connectivity index (χ2v) is 3.60. The Balaban J connectivity index is 3.89. The largest absolute Gasteiger partial charge is 0.303 e. The van der Waals surface area contributed by atoms with E-state index in [1.807, 2.05) is 6.92 Å². The van der Waals surface area contributed by atoms with Gasteiger partial charge < -0.3 is 4.79 Å². The highest BCUT2D eigenvalue weighted by atomic mass is 16.1. The molecule has 0 saturated heterocycles. The van der Waals surface area contributed by atoms with Crippen molar-refractivity contribution >= 4 is 12.1 Å². The average molecular weight is 254 g/mol. The lowest BCUT2D eigenvalue weighted by molar-refractivity contribution is -0.114. The topological polar surface area (TPSA) is 34.1 Å². The highest BCUT2D eigenvalue weighted by Gasteiger charge is 1.89. The molecule has 0 aromatic rings. The average Bonchev–Trinajstić information content (AvgIpc) is 2.40. The molecule has 0 saturated carbocycles. The van der Waals surface area contributed by atoms with Crippen molar-refractivity contribution in [2.75, 3.05) is 0 Å². The molecule has 0 aromatic heterocycles. The van der Waals surface area contributed by atoms with Crippen molar-refractivity contribution in [1.29, 1.82) is 0 Å². The quantitative estimate of drug-likeness (QED) is 0.230. The van der Waals surface area contributed by atoms with E-state index in [1.165, 1.54) is 0 Å². The van der Waals surface area contributed by atoms with Crippen LogP contribution in [-0.2, 0) is 9.59 Å². The van der Waals surface area contributed by atoms with Crippen LogP contribution in [0.4, 0.5) is 0 Å². The van der Waals surface area contributed by atoms with E-state index in [2.05, 4.69) is 23.7 Å². The second-order valence-electron chi connectivity index (χ2n) is 3.60. The van der Waals surface area contributed by atoms with Gasteiger partial charge in [0.05, 0.1) is 0 Å². The summed E-state index contributed by atoms with van der Waals surface area (Å²) in [4.78, 5) is 21.1. The van der Waals surface area contributed by atoms with Gasteiger partial charge in [-0.05, 0) is 30.4 Å². The Hall–Kier alpha value is -2.32. The Bertz CT molecular complexity index is 471. The van der Waals surface area contributed by atoms with Crippen molar-refractivity contribution in [3.8, 4) is 23.7 Å². The van der Waals surface area contributed by atoms with E-state index in [0.29, 0.717) is 19.3 Å². The molecule has 0 fully saturated rings. The van der Waals surface area contributed by atoms with Gasteiger partial charge in [0.2, 0.25) is 0 Å². The molecule has 0 rings (SSSR count). The Kier molecular flexibility index (Phi) is 12.1. The zero-order valence-electron chi connectivity index (χ0n) is 11.2. The van der Waals surface area contributed by atoms with E-state index in [4.69, 9.17) is 0 Å². The molecule has 0 aliphatic heterocycles. The van der Waals surface area contributed by atoms with Crippen LogP contribution < -0.4 is 0 Å². The predicted molar refractivity (Wildman–Crippen MR) is 78.2 cm³/mol. The minimum atomic E-state index is 0.140. The highest BCUT2D eigenvalue weighted by Crippen LogP contribution is 1.90. The maximum absolute atomic E-state index is 11.1. The molecule has 2 heteroatoms. The van der Waals surface area contributed by atoms with E-state index < -0.39 is 0 Å². The molecule has 0 atom stereocenters. The summed E-state index contributed by atoms with van der Waals surface area (Å²) in [7, 11) is 0. The summed E-state index contributed by atoms with van der Waals surface area (Å²) in [6.45, 7) is 1.98. The van der Waals surface area contributed by atoms with E-state index >= 15 is 0 Å². The van der Waals surface area contributed by atoms with Crippen LogP contribution in [0, 0.1) is 23.7 Å². The van der Waals surface area contributed by atoms with Gasteiger partial charge in [0.1, 0.15) is 6.29 Å². The first kappa shape index (κ1) is 16.7. The van der Waals surface area contributed by atoms with E-state index in [1.54, 1.807) is 36.5 Å². The third-order valence-corrected chi connectivity index (χ3v) is 1.90. The van der Waals surface area contributed by atoms with Gasteiger partial charge in [0, 0.05) is 19.3 Å². The van der Waals surface area contributed by atoms with Crippen molar-refractivity contribution in [2.45, 2.75) is 32.6 Å². The molecular formula is C17H18O2. The minimum absolute atomic E-state index is 0.140. The van der Waals surface area contributed by atoms with Crippen LogP contribution >= 0.6 is 0 Å². The first-order chi connectivity index (χ1) is 9.31. The molecule has 0 bridgehead atoms. The van der Waals surface area contributed by atoms with Gasteiger partial charge in [-0.1, -0.05) is 43.1 Å². The van der Waals surface area contributed by atoms with E-state index in [-0.39, 0.29) is 5.78 Å². The summed E-state index contributed by atoms with van der Waals surface area (Å²) in [5.74, 6) is 11.0. The van der Waals surface area contributed by atoms with Crippen LogP contribution in [0.25, 0.3) is 0 Å². The molecule has 0 radical (unpaired) electrons. The van der Waals surface area contributed by atoms with Gasteiger partial charge in [-0.25, -0.2) is 0 Å². The molecule has 98 valence electrons. The number of aldehydes is 1. The smallest absolute Gasteiger partial charge is 0.155 e. The van der Waals surface area contributed by atoms with Crippen molar-refractivity contribution in [1.82, 2.24) is 0 Å². The molecule has 0 spiro atoms. The van der Waals surface area contributed by atoms with Crippen molar-refractivity contribution in [2.24, 2.45) is 0 Å². The summed E-state index contributed by atoms with van der Waals surface area (Å²) < 4.78 is 0. The van der Waals surface area contributed by atoms with Gasteiger partial charge in [0.15, 0.2) is 5.78 Å². The Labute approximate surface area is 115 Å². The van der Waals surface area contributed by atoms with Gasteiger partial charge in [-0.15, -0.1) is 0 Å². The minimum Gasteiger partial charge on any atom is -0.303 e. The highest BCUT2D eigenvalue weighted by molar-refractivity contribution is 5.89. The fourth-order valence-electron chi connectivity index (χ4n) is 1.04. The fourth-order valence-corrected chi connectivity index (χ4v) is 1.04.